The molecule has 0 aliphatic carbocycles. The molecular formula is C18H19N7O4S2. The van der Waals surface area contributed by atoms with Gasteiger partial charge in [-0.2, -0.15) is 5.11 Å². The number of fused-ring (bicyclic) bond motifs is 1. The summed E-state index contributed by atoms with van der Waals surface area (Å²) in [5.41, 5.74) is 7.90. The van der Waals surface area contributed by atoms with Crippen LogP contribution >= 0.6 is 0 Å². The zero-order chi connectivity index (χ0) is 22.4. The number of nitrogens with zero attached hydrogens (tertiary/aromatic N) is 4. The fourth-order valence-electron chi connectivity index (χ4n) is 3.49. The highest BCUT2D eigenvalue weighted by atomic mass is 32.2. The number of hydrogen-bond donors (Lipinski definition) is 3. The lowest BCUT2D eigenvalue weighted by Gasteiger charge is -2.17. The molecule has 2 aromatic carbocycles. The summed E-state index contributed by atoms with van der Waals surface area (Å²) in [5, 5.41) is 13.2. The van der Waals surface area contributed by atoms with Crippen molar-refractivity contribution in [1.29, 1.82) is 0 Å². The SMILES string of the molecule is CCCS(=O)(=O)c1ccc(-c2ccc3nc(N)[nH]c3c2)c(C2=NCN=N2)c1S(N)(=O)=O. The van der Waals surface area contributed by atoms with Gasteiger partial charge in [0.05, 0.1) is 21.7 Å². The lowest BCUT2D eigenvalue weighted by atomic mass is 9.98. The second-order valence-electron chi connectivity index (χ2n) is 6.90. The second kappa shape index (κ2) is 7.51. The highest BCUT2D eigenvalue weighted by Crippen LogP contribution is 2.36. The molecule has 3 aromatic rings. The third kappa shape index (κ3) is 3.82. The fraction of sp³-hybridized carbons (Fsp3) is 0.222. The summed E-state index contributed by atoms with van der Waals surface area (Å²) in [4.78, 5) is 10.3. The Balaban J connectivity index is 2.10. The summed E-state index contributed by atoms with van der Waals surface area (Å²) < 4.78 is 51.0. The van der Waals surface area contributed by atoms with Crippen LogP contribution in [-0.4, -0.2) is 45.1 Å². The quantitative estimate of drug-likeness (QED) is 0.502. The first-order valence-corrected chi connectivity index (χ1v) is 12.4. The number of azo groups is 1. The van der Waals surface area contributed by atoms with Crippen molar-refractivity contribution < 1.29 is 16.8 Å². The van der Waals surface area contributed by atoms with E-state index in [0.717, 1.165) is 0 Å². The first-order chi connectivity index (χ1) is 14.6. The largest absolute Gasteiger partial charge is 0.369 e. The van der Waals surface area contributed by atoms with Gasteiger partial charge in [0.2, 0.25) is 10.0 Å². The molecule has 13 heteroatoms. The lowest BCUT2D eigenvalue weighted by Crippen LogP contribution is -2.22. The number of imidazole rings is 1. The Morgan fingerprint density at radius 3 is 2.55 bits per heavy atom. The van der Waals surface area contributed by atoms with E-state index >= 15 is 0 Å². The van der Waals surface area contributed by atoms with Gasteiger partial charge in [-0.05, 0) is 35.7 Å². The highest BCUT2D eigenvalue weighted by molar-refractivity contribution is 7.93. The van der Waals surface area contributed by atoms with Crippen LogP contribution in [0.15, 0.2) is 55.3 Å². The molecule has 1 aliphatic rings. The van der Waals surface area contributed by atoms with Crippen LogP contribution in [0.3, 0.4) is 0 Å². The first-order valence-electron chi connectivity index (χ1n) is 9.22. The van der Waals surface area contributed by atoms with E-state index in [1.165, 1.54) is 12.1 Å². The zero-order valence-corrected chi connectivity index (χ0v) is 18.0. The van der Waals surface area contributed by atoms with Crippen molar-refractivity contribution in [2.45, 2.75) is 23.1 Å². The molecule has 0 fully saturated rings. The minimum absolute atomic E-state index is 0.000880. The second-order valence-corrected chi connectivity index (χ2v) is 10.5. The van der Waals surface area contributed by atoms with Crippen molar-refractivity contribution in [3.05, 3.63) is 35.9 Å². The van der Waals surface area contributed by atoms with Gasteiger partial charge in [-0.1, -0.05) is 19.1 Å². The van der Waals surface area contributed by atoms with Crippen molar-refractivity contribution in [3.63, 3.8) is 0 Å². The average Bonchev–Trinajstić information content (AvgIpc) is 3.34. The van der Waals surface area contributed by atoms with Crippen LogP contribution in [0, 0.1) is 0 Å². The summed E-state index contributed by atoms with van der Waals surface area (Å²) >= 11 is 0. The fourth-order valence-corrected chi connectivity index (χ4v) is 6.47. The molecule has 0 spiro atoms. The Morgan fingerprint density at radius 1 is 1.13 bits per heavy atom. The minimum atomic E-state index is -4.47. The number of nitrogens with two attached hydrogens (primary N) is 2. The third-order valence-electron chi connectivity index (χ3n) is 4.70. The van der Waals surface area contributed by atoms with Crippen molar-refractivity contribution >= 4 is 42.7 Å². The monoisotopic (exact) mass is 461 g/mol. The molecule has 1 aliphatic heterocycles. The standard InChI is InChI=1S/C18H19N7O4S2/c1-2-7-30(26,27)14-6-4-11(10-3-5-12-13(8-10)24-18(19)23-12)15(16(14)31(20,28)29)17-21-9-22-25-17/h3-6,8H,2,7,9H2,1H3,(H3,19,23,24)(H2,20,28,29). The number of sulfone groups is 1. The molecule has 0 unspecified atom stereocenters. The number of aliphatic imine (C=N–C) groups is 1. The summed E-state index contributed by atoms with van der Waals surface area (Å²) in [6.07, 6.45) is 0.308. The normalized spacial score (nSPS) is 14.3. The molecule has 0 saturated heterocycles. The van der Waals surface area contributed by atoms with Crippen molar-refractivity contribution in [3.8, 4) is 11.1 Å². The molecule has 0 saturated carbocycles. The van der Waals surface area contributed by atoms with Crippen molar-refractivity contribution in [2.24, 2.45) is 20.4 Å². The Hall–Kier alpha value is -3.16. The molecule has 5 N–H and O–H groups in total. The predicted octanol–water partition coefficient (Wildman–Crippen LogP) is 1.81. The number of anilines is 1. The Bertz CT molecular complexity index is 1470. The van der Waals surface area contributed by atoms with E-state index in [2.05, 4.69) is 25.2 Å². The Morgan fingerprint density at radius 2 is 1.90 bits per heavy atom. The van der Waals surface area contributed by atoms with E-state index < -0.39 is 24.8 Å². The molecule has 0 bridgehead atoms. The van der Waals surface area contributed by atoms with Gasteiger partial charge >= 0.3 is 0 Å². The number of rotatable bonds is 6. The molecule has 31 heavy (non-hydrogen) atoms. The number of primary sulfonamides is 1. The maximum absolute atomic E-state index is 12.9. The molecule has 11 nitrogen and oxygen atoms in total. The molecule has 0 atom stereocenters. The van der Waals surface area contributed by atoms with E-state index in [0.29, 0.717) is 28.6 Å². The maximum Gasteiger partial charge on any atom is 0.240 e. The van der Waals surface area contributed by atoms with E-state index in [9.17, 15) is 16.8 Å². The summed E-state index contributed by atoms with van der Waals surface area (Å²) in [5.74, 6) is -0.00818. The van der Waals surface area contributed by atoms with Crippen LogP contribution in [0.4, 0.5) is 5.95 Å². The van der Waals surface area contributed by atoms with Gasteiger partial charge in [0.15, 0.2) is 28.3 Å². The number of nitrogens with one attached hydrogen (secondary N) is 1. The topological polar surface area (TPSA) is 186 Å². The van der Waals surface area contributed by atoms with Crippen LogP contribution < -0.4 is 10.9 Å². The predicted molar refractivity (Wildman–Crippen MR) is 116 cm³/mol. The van der Waals surface area contributed by atoms with Crippen LogP contribution in [0.25, 0.3) is 22.2 Å². The zero-order valence-electron chi connectivity index (χ0n) is 16.4. The number of amidine groups is 1. The highest BCUT2D eigenvalue weighted by Gasteiger charge is 2.32. The molecule has 162 valence electrons. The van der Waals surface area contributed by atoms with Gasteiger partial charge in [0.1, 0.15) is 4.90 Å². The van der Waals surface area contributed by atoms with E-state index in [1.807, 2.05) is 0 Å². The molecule has 0 amide bonds. The molecule has 0 radical (unpaired) electrons. The number of benzene rings is 2. The lowest BCUT2D eigenvalue weighted by molar-refractivity contribution is 0.582. The Kier molecular flexibility index (Phi) is 5.11. The molecular weight excluding hydrogens is 442 g/mol. The first kappa shape index (κ1) is 21.1. The number of sulfonamides is 1. The Labute approximate surface area is 178 Å². The van der Waals surface area contributed by atoms with Gasteiger partial charge < -0.3 is 10.7 Å². The maximum atomic E-state index is 12.9. The van der Waals surface area contributed by atoms with Crippen LogP contribution in [0.1, 0.15) is 18.9 Å². The van der Waals surface area contributed by atoms with Crippen LogP contribution in [0.2, 0.25) is 0 Å². The van der Waals surface area contributed by atoms with Crippen LogP contribution in [-0.2, 0) is 19.9 Å². The number of H-pyrrole nitrogens is 1. The molecule has 4 rings (SSSR count). The third-order valence-corrected chi connectivity index (χ3v) is 7.78. The van der Waals surface area contributed by atoms with Crippen molar-refractivity contribution in [1.82, 2.24) is 9.97 Å². The van der Waals surface area contributed by atoms with E-state index in [-0.39, 0.29) is 34.7 Å². The van der Waals surface area contributed by atoms with Crippen molar-refractivity contribution in [2.75, 3.05) is 18.2 Å². The number of nitrogen functional groups attached to an aromatic ring is 1. The number of aromatic nitrogens is 2. The van der Waals surface area contributed by atoms with Gasteiger partial charge in [-0.3, -0.25) is 0 Å². The van der Waals surface area contributed by atoms with Crippen LogP contribution in [0.5, 0.6) is 0 Å². The van der Waals surface area contributed by atoms with Gasteiger partial charge in [0.25, 0.3) is 0 Å². The van der Waals surface area contributed by atoms with Gasteiger partial charge in [0, 0.05) is 5.56 Å². The summed E-state index contributed by atoms with van der Waals surface area (Å²) in [6, 6.07) is 7.90. The summed E-state index contributed by atoms with van der Waals surface area (Å²) in [7, 11) is -8.40. The van der Waals surface area contributed by atoms with Gasteiger partial charge in [-0.15, -0.1) is 5.11 Å². The number of aromatic amines is 1. The molecule has 1 aromatic heterocycles. The summed E-state index contributed by atoms with van der Waals surface area (Å²) in [6.45, 7) is 1.69. The molecule has 2 heterocycles. The number of hydrogen-bond acceptors (Lipinski definition) is 9. The van der Waals surface area contributed by atoms with E-state index in [1.54, 1.807) is 25.1 Å². The van der Waals surface area contributed by atoms with Gasteiger partial charge in [-0.25, -0.2) is 32.0 Å². The van der Waals surface area contributed by atoms with E-state index in [4.69, 9.17) is 10.9 Å². The smallest absolute Gasteiger partial charge is 0.240 e. The average molecular weight is 462 g/mol. The minimum Gasteiger partial charge on any atom is -0.369 e.